The largest absolute Gasteiger partial charge is 0.478 e. The molecule has 0 aliphatic heterocycles. The maximum absolute atomic E-state index is 13.0. The lowest BCUT2D eigenvalue weighted by Gasteiger charge is -2.10. The normalized spacial score (nSPS) is 11.0. The van der Waals surface area contributed by atoms with Gasteiger partial charge in [-0.15, -0.1) is 0 Å². The van der Waals surface area contributed by atoms with Gasteiger partial charge in [0.25, 0.3) is 0 Å². The number of carboxylic acid groups (broad SMARTS) is 1. The summed E-state index contributed by atoms with van der Waals surface area (Å²) in [5.74, 6) is -1.18. The van der Waals surface area contributed by atoms with Crippen LogP contribution in [-0.4, -0.2) is 22.2 Å². The predicted octanol–water partition coefficient (Wildman–Crippen LogP) is 3.49. The zero-order chi connectivity index (χ0) is 17.0. The number of hydrogen-bond donors (Lipinski definition) is 2. The molecular formula is C18H23FN2O2. The Morgan fingerprint density at radius 2 is 1.87 bits per heavy atom. The molecule has 1 aromatic heterocycles. The number of aromatic carboxylic acids is 1. The Kier molecular flexibility index (Phi) is 5.55. The van der Waals surface area contributed by atoms with E-state index in [2.05, 4.69) is 12.2 Å². The summed E-state index contributed by atoms with van der Waals surface area (Å²) in [6.07, 6.45) is 0.997. The molecule has 2 aromatic rings. The molecule has 0 atom stereocenters. The minimum atomic E-state index is -0.906. The summed E-state index contributed by atoms with van der Waals surface area (Å²) in [5.41, 5.74) is 3.80. The molecule has 0 unspecified atom stereocenters. The van der Waals surface area contributed by atoms with E-state index in [0.717, 1.165) is 35.5 Å². The number of hydrogen-bond acceptors (Lipinski definition) is 2. The molecule has 2 rings (SSSR count). The van der Waals surface area contributed by atoms with Crippen molar-refractivity contribution < 1.29 is 14.3 Å². The van der Waals surface area contributed by atoms with Gasteiger partial charge in [0.15, 0.2) is 0 Å². The molecular weight excluding hydrogens is 295 g/mol. The number of nitrogens with one attached hydrogen (secondary N) is 1. The Hall–Kier alpha value is -2.14. The van der Waals surface area contributed by atoms with Crippen molar-refractivity contribution in [3.8, 4) is 0 Å². The van der Waals surface area contributed by atoms with Crippen LogP contribution in [0.5, 0.6) is 0 Å². The molecule has 4 nitrogen and oxygen atoms in total. The van der Waals surface area contributed by atoms with E-state index in [1.807, 2.05) is 18.4 Å². The number of rotatable bonds is 7. The van der Waals surface area contributed by atoms with Crippen LogP contribution >= 0.6 is 0 Å². The Bertz CT molecular complexity index is 690. The molecule has 23 heavy (non-hydrogen) atoms. The number of halogens is 1. The predicted molar refractivity (Wildman–Crippen MR) is 88.4 cm³/mol. The smallest absolute Gasteiger partial charge is 0.337 e. The third-order valence-corrected chi connectivity index (χ3v) is 4.11. The van der Waals surface area contributed by atoms with Crippen LogP contribution in [0.2, 0.25) is 0 Å². The summed E-state index contributed by atoms with van der Waals surface area (Å²) in [6.45, 7) is 7.75. The molecule has 0 saturated heterocycles. The van der Waals surface area contributed by atoms with Crippen molar-refractivity contribution in [2.45, 2.75) is 40.3 Å². The molecule has 0 aliphatic carbocycles. The summed E-state index contributed by atoms with van der Waals surface area (Å²) in [7, 11) is 0. The highest BCUT2D eigenvalue weighted by Gasteiger charge is 2.22. The summed E-state index contributed by atoms with van der Waals surface area (Å²) in [6, 6.07) is 6.30. The van der Waals surface area contributed by atoms with Gasteiger partial charge in [-0.25, -0.2) is 9.18 Å². The second-order valence-corrected chi connectivity index (χ2v) is 5.72. The van der Waals surface area contributed by atoms with Crippen molar-refractivity contribution in [2.75, 3.05) is 6.54 Å². The van der Waals surface area contributed by atoms with Crippen molar-refractivity contribution in [3.05, 3.63) is 58.2 Å². The van der Waals surface area contributed by atoms with Crippen LogP contribution in [-0.2, 0) is 13.1 Å². The van der Waals surface area contributed by atoms with Crippen molar-refractivity contribution in [2.24, 2.45) is 0 Å². The first-order chi connectivity index (χ1) is 11.0. The van der Waals surface area contributed by atoms with Gasteiger partial charge in [0.2, 0.25) is 0 Å². The standard InChI is InChI=1S/C18H23FN2O2/c1-4-9-20-10-16-12(2)21(13(3)17(16)18(22)23)11-14-5-7-15(19)8-6-14/h5-8,20H,4,9-11H2,1-3H3,(H,22,23). The molecule has 0 saturated carbocycles. The Morgan fingerprint density at radius 1 is 1.22 bits per heavy atom. The molecule has 2 N–H and O–H groups in total. The van der Waals surface area contributed by atoms with Crippen molar-refractivity contribution in [1.29, 1.82) is 0 Å². The fourth-order valence-corrected chi connectivity index (χ4v) is 2.85. The van der Waals surface area contributed by atoms with Gasteiger partial charge in [-0.3, -0.25) is 0 Å². The second kappa shape index (κ2) is 7.42. The first kappa shape index (κ1) is 17.2. The van der Waals surface area contributed by atoms with Crippen LogP contribution in [0.15, 0.2) is 24.3 Å². The van der Waals surface area contributed by atoms with Gasteiger partial charge >= 0.3 is 5.97 Å². The highest BCUT2D eigenvalue weighted by atomic mass is 19.1. The minimum Gasteiger partial charge on any atom is -0.478 e. The molecule has 0 bridgehead atoms. The maximum Gasteiger partial charge on any atom is 0.337 e. The van der Waals surface area contributed by atoms with E-state index in [9.17, 15) is 14.3 Å². The number of carbonyl (C=O) groups is 1. The fourth-order valence-electron chi connectivity index (χ4n) is 2.85. The van der Waals surface area contributed by atoms with E-state index in [4.69, 9.17) is 0 Å². The van der Waals surface area contributed by atoms with Crippen LogP contribution < -0.4 is 5.32 Å². The zero-order valence-electron chi connectivity index (χ0n) is 13.8. The number of carboxylic acids is 1. The quantitative estimate of drug-likeness (QED) is 0.768. The lowest BCUT2D eigenvalue weighted by molar-refractivity contribution is 0.0694. The van der Waals surface area contributed by atoms with Gasteiger partial charge < -0.3 is 15.0 Å². The summed E-state index contributed by atoms with van der Waals surface area (Å²) in [4.78, 5) is 11.6. The SMILES string of the molecule is CCCNCc1c(C(=O)O)c(C)n(Cc2ccc(F)cc2)c1C. The highest BCUT2D eigenvalue weighted by molar-refractivity contribution is 5.91. The van der Waals surface area contributed by atoms with Crippen molar-refractivity contribution in [1.82, 2.24) is 9.88 Å². The topological polar surface area (TPSA) is 54.3 Å². The summed E-state index contributed by atoms with van der Waals surface area (Å²) in [5, 5.41) is 12.8. The average Bonchev–Trinajstić information content (AvgIpc) is 2.74. The Labute approximate surface area is 135 Å². The van der Waals surface area contributed by atoms with E-state index in [-0.39, 0.29) is 5.82 Å². The Balaban J connectivity index is 2.37. The number of benzene rings is 1. The van der Waals surface area contributed by atoms with Gasteiger partial charge in [-0.2, -0.15) is 0 Å². The highest BCUT2D eigenvalue weighted by Crippen LogP contribution is 2.24. The monoisotopic (exact) mass is 318 g/mol. The van der Waals surface area contributed by atoms with Gasteiger partial charge in [0.1, 0.15) is 5.82 Å². The van der Waals surface area contributed by atoms with E-state index < -0.39 is 5.97 Å². The van der Waals surface area contributed by atoms with Crippen LogP contribution in [0, 0.1) is 19.7 Å². The maximum atomic E-state index is 13.0. The van der Waals surface area contributed by atoms with E-state index in [1.54, 1.807) is 12.1 Å². The van der Waals surface area contributed by atoms with Crippen LogP contribution in [0.4, 0.5) is 4.39 Å². The van der Waals surface area contributed by atoms with Crippen LogP contribution in [0.1, 0.15) is 46.2 Å². The lowest BCUT2D eigenvalue weighted by Crippen LogP contribution is -2.16. The molecule has 0 fully saturated rings. The Morgan fingerprint density at radius 3 is 2.43 bits per heavy atom. The van der Waals surface area contributed by atoms with Crippen molar-refractivity contribution in [3.63, 3.8) is 0 Å². The average molecular weight is 318 g/mol. The van der Waals surface area contributed by atoms with Gasteiger partial charge in [-0.1, -0.05) is 19.1 Å². The minimum absolute atomic E-state index is 0.273. The molecule has 5 heteroatoms. The van der Waals surface area contributed by atoms with Crippen molar-refractivity contribution >= 4 is 5.97 Å². The molecule has 0 radical (unpaired) electrons. The third kappa shape index (κ3) is 3.79. The first-order valence-corrected chi connectivity index (χ1v) is 7.82. The zero-order valence-corrected chi connectivity index (χ0v) is 13.8. The first-order valence-electron chi connectivity index (χ1n) is 7.82. The lowest BCUT2D eigenvalue weighted by atomic mass is 10.1. The van der Waals surface area contributed by atoms with Gasteiger partial charge in [0, 0.05) is 30.0 Å². The van der Waals surface area contributed by atoms with Gasteiger partial charge in [-0.05, 0) is 44.5 Å². The third-order valence-electron chi connectivity index (χ3n) is 4.11. The molecule has 1 aromatic carbocycles. The number of aromatic nitrogens is 1. The van der Waals surface area contributed by atoms with Crippen LogP contribution in [0.25, 0.3) is 0 Å². The van der Waals surface area contributed by atoms with Crippen LogP contribution in [0.3, 0.4) is 0 Å². The van der Waals surface area contributed by atoms with Gasteiger partial charge in [0.05, 0.1) is 5.56 Å². The molecule has 124 valence electrons. The fraction of sp³-hybridized carbons (Fsp3) is 0.389. The van der Waals surface area contributed by atoms with E-state index in [1.165, 1.54) is 12.1 Å². The molecule has 0 amide bonds. The summed E-state index contributed by atoms with van der Waals surface area (Å²) >= 11 is 0. The molecule has 0 aliphatic rings. The van der Waals surface area contributed by atoms with E-state index in [0.29, 0.717) is 18.7 Å². The van der Waals surface area contributed by atoms with E-state index >= 15 is 0 Å². The molecule has 0 spiro atoms. The molecule has 1 heterocycles. The number of nitrogens with zero attached hydrogens (tertiary/aromatic N) is 1. The second-order valence-electron chi connectivity index (χ2n) is 5.72. The summed E-state index contributed by atoms with van der Waals surface area (Å²) < 4.78 is 15.0.